The van der Waals surface area contributed by atoms with Gasteiger partial charge in [-0.2, -0.15) is 0 Å². The lowest BCUT2D eigenvalue weighted by atomic mass is 9.77. The van der Waals surface area contributed by atoms with Crippen molar-refractivity contribution in [2.45, 2.75) is 65.3 Å². The Hall–Kier alpha value is -0.610. The first-order valence-corrected chi connectivity index (χ1v) is 6.14. The number of rotatable bonds is 3. The van der Waals surface area contributed by atoms with Crippen molar-refractivity contribution < 1.29 is 19.4 Å². The van der Waals surface area contributed by atoms with Crippen LogP contribution in [0.1, 0.15) is 47.5 Å². The third-order valence-electron chi connectivity index (χ3n) is 3.48. The van der Waals surface area contributed by atoms with E-state index >= 15 is 0 Å². The molecule has 1 rings (SSSR count). The Balaban J connectivity index is 2.66. The molecule has 0 radical (unpaired) electrons. The van der Waals surface area contributed by atoms with Gasteiger partial charge in [-0.15, -0.1) is 0 Å². The van der Waals surface area contributed by atoms with E-state index in [1.165, 1.54) is 6.92 Å². The van der Waals surface area contributed by atoms with Crippen molar-refractivity contribution >= 4 is 5.97 Å². The summed E-state index contributed by atoms with van der Waals surface area (Å²) in [6.07, 6.45) is 1.42. The zero-order valence-electron chi connectivity index (χ0n) is 11.4. The molecule has 0 aromatic rings. The standard InChI is InChI=1S/C13H24O4/c1-9(14)16-8-11-12(2,3)7-6-10(17-11)13(4,5)15/h10-11,15H,6-8H2,1-5H3/t10-,11-/m1/s1. The van der Waals surface area contributed by atoms with Crippen molar-refractivity contribution in [3.8, 4) is 0 Å². The van der Waals surface area contributed by atoms with Crippen LogP contribution in [-0.2, 0) is 14.3 Å². The lowest BCUT2D eigenvalue weighted by Gasteiger charge is -2.45. The predicted octanol–water partition coefficient (Wildman–Crippen LogP) is 1.89. The van der Waals surface area contributed by atoms with E-state index in [0.29, 0.717) is 0 Å². The van der Waals surface area contributed by atoms with E-state index in [2.05, 4.69) is 13.8 Å². The Kier molecular flexibility index (Phi) is 4.20. The second-order valence-corrected chi connectivity index (χ2v) is 6.10. The number of carbonyl (C=O) groups excluding carboxylic acids is 1. The molecule has 0 bridgehead atoms. The van der Waals surface area contributed by atoms with Crippen LogP contribution in [0.3, 0.4) is 0 Å². The maximum absolute atomic E-state index is 10.8. The number of esters is 1. The van der Waals surface area contributed by atoms with Crippen LogP contribution in [-0.4, -0.2) is 35.5 Å². The fourth-order valence-corrected chi connectivity index (χ4v) is 2.09. The number of hydrogen-bond donors (Lipinski definition) is 1. The lowest BCUT2D eigenvalue weighted by molar-refractivity contribution is -0.196. The van der Waals surface area contributed by atoms with Crippen LogP contribution in [0.2, 0.25) is 0 Å². The first-order valence-electron chi connectivity index (χ1n) is 6.14. The molecule has 4 heteroatoms. The van der Waals surface area contributed by atoms with Gasteiger partial charge < -0.3 is 14.6 Å². The summed E-state index contributed by atoms with van der Waals surface area (Å²) in [5, 5.41) is 9.98. The zero-order chi connectivity index (χ0) is 13.3. The largest absolute Gasteiger partial charge is 0.463 e. The Morgan fingerprint density at radius 1 is 1.53 bits per heavy atom. The highest BCUT2D eigenvalue weighted by Gasteiger charge is 2.42. The molecule has 0 aliphatic carbocycles. The van der Waals surface area contributed by atoms with Gasteiger partial charge in [-0.3, -0.25) is 4.79 Å². The minimum Gasteiger partial charge on any atom is -0.463 e. The van der Waals surface area contributed by atoms with Gasteiger partial charge in [0.05, 0.1) is 17.8 Å². The van der Waals surface area contributed by atoms with E-state index in [4.69, 9.17) is 9.47 Å². The fraction of sp³-hybridized carbons (Fsp3) is 0.923. The highest BCUT2D eigenvalue weighted by molar-refractivity contribution is 5.65. The third-order valence-corrected chi connectivity index (χ3v) is 3.48. The van der Waals surface area contributed by atoms with Gasteiger partial charge in [-0.05, 0) is 32.1 Å². The average Bonchev–Trinajstić information content (AvgIpc) is 2.13. The number of hydrogen-bond acceptors (Lipinski definition) is 4. The molecule has 0 aromatic heterocycles. The second-order valence-electron chi connectivity index (χ2n) is 6.10. The molecule has 4 nitrogen and oxygen atoms in total. The summed E-state index contributed by atoms with van der Waals surface area (Å²) in [5.41, 5.74) is -0.887. The minimum atomic E-state index is -0.856. The van der Waals surface area contributed by atoms with Gasteiger partial charge in [-0.25, -0.2) is 0 Å². The predicted molar refractivity (Wildman–Crippen MR) is 64.6 cm³/mol. The monoisotopic (exact) mass is 244 g/mol. The molecule has 1 fully saturated rings. The van der Waals surface area contributed by atoms with Crippen molar-refractivity contribution in [1.29, 1.82) is 0 Å². The minimum absolute atomic E-state index is 0.0306. The molecule has 1 N–H and O–H groups in total. The Bertz CT molecular complexity index is 278. The summed E-state index contributed by atoms with van der Waals surface area (Å²) in [7, 11) is 0. The smallest absolute Gasteiger partial charge is 0.302 e. The zero-order valence-corrected chi connectivity index (χ0v) is 11.4. The van der Waals surface area contributed by atoms with Crippen LogP contribution >= 0.6 is 0 Å². The molecule has 1 saturated heterocycles. The Labute approximate surface area is 103 Å². The van der Waals surface area contributed by atoms with Crippen molar-refractivity contribution in [3.63, 3.8) is 0 Å². The van der Waals surface area contributed by atoms with E-state index in [9.17, 15) is 9.90 Å². The third kappa shape index (κ3) is 3.96. The topological polar surface area (TPSA) is 55.8 Å². The van der Waals surface area contributed by atoms with Crippen LogP contribution in [0.25, 0.3) is 0 Å². The lowest BCUT2D eigenvalue weighted by Crippen LogP contribution is -2.50. The van der Waals surface area contributed by atoms with Crippen molar-refractivity contribution in [3.05, 3.63) is 0 Å². The molecule has 2 atom stereocenters. The second kappa shape index (κ2) is 4.94. The maximum atomic E-state index is 10.8. The van der Waals surface area contributed by atoms with Gasteiger partial charge >= 0.3 is 5.97 Å². The van der Waals surface area contributed by atoms with E-state index < -0.39 is 5.60 Å². The highest BCUT2D eigenvalue weighted by Crippen LogP contribution is 2.38. The molecule has 1 aliphatic heterocycles. The summed E-state index contributed by atoms with van der Waals surface area (Å²) in [6, 6.07) is 0. The van der Waals surface area contributed by atoms with Crippen molar-refractivity contribution in [1.82, 2.24) is 0 Å². The molecular weight excluding hydrogens is 220 g/mol. The highest BCUT2D eigenvalue weighted by atomic mass is 16.6. The van der Waals surface area contributed by atoms with Crippen LogP contribution in [0, 0.1) is 5.41 Å². The summed E-state index contributed by atoms with van der Waals surface area (Å²) in [5.74, 6) is -0.296. The molecule has 0 saturated carbocycles. The maximum Gasteiger partial charge on any atom is 0.302 e. The molecule has 0 aromatic carbocycles. The van der Waals surface area contributed by atoms with Crippen LogP contribution in [0.4, 0.5) is 0 Å². The summed E-state index contributed by atoms with van der Waals surface area (Å²) in [4.78, 5) is 10.8. The fourth-order valence-electron chi connectivity index (χ4n) is 2.09. The first kappa shape index (κ1) is 14.5. The van der Waals surface area contributed by atoms with Gasteiger partial charge in [0.1, 0.15) is 6.61 Å². The van der Waals surface area contributed by atoms with Gasteiger partial charge in [0.25, 0.3) is 0 Å². The normalized spacial score (nSPS) is 28.8. The summed E-state index contributed by atoms with van der Waals surface area (Å²) < 4.78 is 10.9. The van der Waals surface area contributed by atoms with Crippen LogP contribution in [0.5, 0.6) is 0 Å². The number of ether oxygens (including phenoxy) is 2. The summed E-state index contributed by atoms with van der Waals surface area (Å²) >= 11 is 0. The van der Waals surface area contributed by atoms with E-state index in [-0.39, 0.29) is 30.2 Å². The van der Waals surface area contributed by atoms with Crippen molar-refractivity contribution in [2.75, 3.05) is 6.61 Å². The number of aliphatic hydroxyl groups is 1. The molecule has 1 heterocycles. The Morgan fingerprint density at radius 2 is 2.12 bits per heavy atom. The molecule has 0 spiro atoms. The van der Waals surface area contributed by atoms with Crippen LogP contribution in [0.15, 0.2) is 0 Å². The number of carbonyl (C=O) groups is 1. The quantitative estimate of drug-likeness (QED) is 0.770. The first-order chi connectivity index (χ1) is 7.63. The van der Waals surface area contributed by atoms with Crippen LogP contribution < -0.4 is 0 Å². The van der Waals surface area contributed by atoms with Gasteiger partial charge in [0.2, 0.25) is 0 Å². The van der Waals surface area contributed by atoms with E-state index in [1.54, 1.807) is 13.8 Å². The van der Waals surface area contributed by atoms with E-state index in [0.717, 1.165) is 12.8 Å². The van der Waals surface area contributed by atoms with Gasteiger partial charge in [-0.1, -0.05) is 13.8 Å². The van der Waals surface area contributed by atoms with Gasteiger partial charge in [0.15, 0.2) is 0 Å². The molecule has 17 heavy (non-hydrogen) atoms. The summed E-state index contributed by atoms with van der Waals surface area (Å²) in [6.45, 7) is 9.35. The Morgan fingerprint density at radius 3 is 2.59 bits per heavy atom. The van der Waals surface area contributed by atoms with Gasteiger partial charge in [0, 0.05) is 6.92 Å². The SMILES string of the molecule is CC(=O)OC[C@H]1O[C@@H](C(C)(C)O)CCC1(C)C. The average molecular weight is 244 g/mol. The van der Waals surface area contributed by atoms with E-state index in [1.807, 2.05) is 0 Å². The molecule has 0 amide bonds. The molecular formula is C13H24O4. The molecule has 0 unspecified atom stereocenters. The molecule has 100 valence electrons. The van der Waals surface area contributed by atoms with Crippen molar-refractivity contribution in [2.24, 2.45) is 5.41 Å². The molecule has 1 aliphatic rings.